The molecule has 4 aromatic rings. The molecule has 0 fully saturated rings. The number of aryl methyl sites for hydroxylation is 1. The maximum atomic E-state index is 6.13. The first kappa shape index (κ1) is 18.2. The Hall–Kier alpha value is -2.84. The van der Waals surface area contributed by atoms with Crippen molar-refractivity contribution >= 4 is 28.2 Å². The third-order valence-corrected chi connectivity index (χ3v) is 6.12. The van der Waals surface area contributed by atoms with Crippen LogP contribution in [0.4, 0.5) is 5.69 Å². The lowest BCUT2D eigenvalue weighted by Crippen LogP contribution is -2.36. The normalized spacial score (nSPS) is 16.1. The number of benzene rings is 3. The third-order valence-electron chi connectivity index (χ3n) is 5.89. The van der Waals surface area contributed by atoms with Crippen molar-refractivity contribution in [3.63, 3.8) is 0 Å². The smallest absolute Gasteiger partial charge is 0.0706 e. The fourth-order valence-corrected chi connectivity index (χ4v) is 4.55. The Morgan fingerprint density at radius 3 is 2.66 bits per heavy atom. The molecule has 1 aliphatic rings. The molecule has 3 aromatic carbocycles. The highest BCUT2D eigenvalue weighted by atomic mass is 35.5. The molecule has 1 aromatic heterocycles. The van der Waals surface area contributed by atoms with Crippen LogP contribution < -0.4 is 4.90 Å². The quantitative estimate of drug-likeness (QED) is 0.389. The minimum Gasteiger partial charge on any atom is -0.364 e. The first-order chi connectivity index (χ1) is 14.2. The summed E-state index contributed by atoms with van der Waals surface area (Å²) >= 11 is 6.13. The van der Waals surface area contributed by atoms with Gasteiger partial charge in [0, 0.05) is 34.8 Å². The molecule has 2 nitrogen and oxygen atoms in total. The van der Waals surface area contributed by atoms with Gasteiger partial charge in [0.15, 0.2) is 0 Å². The van der Waals surface area contributed by atoms with Gasteiger partial charge in [0.1, 0.15) is 0 Å². The van der Waals surface area contributed by atoms with E-state index in [-0.39, 0.29) is 6.04 Å². The molecule has 0 N–H and O–H groups in total. The lowest BCUT2D eigenvalue weighted by Gasteiger charge is -2.39. The first-order valence-corrected chi connectivity index (χ1v) is 10.5. The van der Waals surface area contributed by atoms with E-state index in [1.807, 2.05) is 18.2 Å². The predicted molar refractivity (Wildman–Crippen MR) is 122 cm³/mol. The number of aromatic nitrogens is 1. The van der Waals surface area contributed by atoms with Gasteiger partial charge in [-0.05, 0) is 60.9 Å². The van der Waals surface area contributed by atoms with E-state index >= 15 is 0 Å². The van der Waals surface area contributed by atoms with Gasteiger partial charge in [0.25, 0.3) is 0 Å². The maximum absolute atomic E-state index is 6.13. The van der Waals surface area contributed by atoms with Crippen LogP contribution in [0.5, 0.6) is 0 Å². The van der Waals surface area contributed by atoms with Gasteiger partial charge < -0.3 is 4.90 Å². The summed E-state index contributed by atoms with van der Waals surface area (Å²) in [6, 6.07) is 28.2. The van der Waals surface area contributed by atoms with Crippen LogP contribution >= 0.6 is 11.6 Å². The summed E-state index contributed by atoms with van der Waals surface area (Å²) in [6.45, 7) is 3.16. The van der Waals surface area contributed by atoms with E-state index in [1.165, 1.54) is 22.4 Å². The molecule has 144 valence electrons. The number of nitrogens with zero attached hydrogens (tertiary/aromatic N) is 2. The number of halogens is 1. The Balaban J connectivity index is 1.55. The second-order valence-corrected chi connectivity index (χ2v) is 8.27. The van der Waals surface area contributed by atoms with E-state index in [4.69, 9.17) is 16.6 Å². The number of anilines is 1. The van der Waals surface area contributed by atoms with Crippen molar-refractivity contribution in [2.24, 2.45) is 0 Å². The summed E-state index contributed by atoms with van der Waals surface area (Å²) < 4.78 is 0. The number of hydrogen-bond acceptors (Lipinski definition) is 2. The Morgan fingerprint density at radius 2 is 1.79 bits per heavy atom. The van der Waals surface area contributed by atoms with Crippen LogP contribution in [0.3, 0.4) is 0 Å². The highest BCUT2D eigenvalue weighted by molar-refractivity contribution is 6.31. The Bertz CT molecular complexity index is 1170. The van der Waals surface area contributed by atoms with Gasteiger partial charge in [-0.2, -0.15) is 0 Å². The average molecular weight is 399 g/mol. The minimum atomic E-state index is 0.278. The Morgan fingerprint density at radius 1 is 0.966 bits per heavy atom. The second kappa shape index (κ2) is 7.53. The fourth-order valence-electron chi connectivity index (χ4n) is 4.37. The van der Waals surface area contributed by atoms with Gasteiger partial charge in [0.2, 0.25) is 0 Å². The molecular formula is C26H23ClN2. The summed E-state index contributed by atoms with van der Waals surface area (Å²) in [7, 11) is 0. The van der Waals surface area contributed by atoms with E-state index in [2.05, 4.69) is 72.5 Å². The van der Waals surface area contributed by atoms with Crippen molar-refractivity contribution in [3.05, 3.63) is 106 Å². The third kappa shape index (κ3) is 3.61. The molecule has 1 aliphatic heterocycles. The summed E-state index contributed by atoms with van der Waals surface area (Å²) in [4.78, 5) is 7.48. The lowest BCUT2D eigenvalue weighted by molar-refractivity contribution is 0.574. The van der Waals surface area contributed by atoms with Crippen molar-refractivity contribution in [1.29, 1.82) is 0 Å². The SMILES string of the molecule is Cc1ccc(N2CCc3ccccc3C2Cc2ccc3cc(Cl)ccc3n2)cc1. The molecule has 1 unspecified atom stereocenters. The molecule has 0 amide bonds. The van der Waals surface area contributed by atoms with Gasteiger partial charge in [-0.25, -0.2) is 0 Å². The van der Waals surface area contributed by atoms with E-state index in [1.54, 1.807) is 0 Å². The van der Waals surface area contributed by atoms with E-state index in [0.29, 0.717) is 0 Å². The molecule has 0 saturated heterocycles. The lowest BCUT2D eigenvalue weighted by atomic mass is 9.89. The summed E-state index contributed by atoms with van der Waals surface area (Å²) in [5, 5.41) is 1.83. The van der Waals surface area contributed by atoms with Crippen LogP contribution in [0, 0.1) is 6.92 Å². The predicted octanol–water partition coefficient (Wildman–Crippen LogP) is 6.54. The Labute approximate surface area is 176 Å². The largest absolute Gasteiger partial charge is 0.364 e. The number of rotatable bonds is 3. The van der Waals surface area contributed by atoms with E-state index in [9.17, 15) is 0 Å². The monoisotopic (exact) mass is 398 g/mol. The highest BCUT2D eigenvalue weighted by Gasteiger charge is 2.28. The molecule has 1 atom stereocenters. The summed E-state index contributed by atoms with van der Waals surface area (Å²) in [6.07, 6.45) is 1.95. The standard InChI is InChI=1S/C26H23ClN2/c1-18-6-11-23(12-7-18)29-15-14-19-4-2-3-5-24(19)26(29)17-22-10-8-20-16-21(27)9-13-25(20)28-22/h2-13,16,26H,14-15,17H2,1H3. The van der Waals surface area contributed by atoms with Gasteiger partial charge in [-0.3, -0.25) is 4.98 Å². The first-order valence-electron chi connectivity index (χ1n) is 10.1. The van der Waals surface area contributed by atoms with Crippen molar-refractivity contribution in [2.75, 3.05) is 11.4 Å². The van der Waals surface area contributed by atoms with Crippen LogP contribution in [-0.2, 0) is 12.8 Å². The highest BCUT2D eigenvalue weighted by Crippen LogP contribution is 2.36. The molecule has 0 radical (unpaired) electrons. The maximum Gasteiger partial charge on any atom is 0.0706 e. The van der Waals surface area contributed by atoms with E-state index < -0.39 is 0 Å². The van der Waals surface area contributed by atoms with Crippen LogP contribution in [0.15, 0.2) is 78.9 Å². The Kier molecular flexibility index (Phi) is 4.73. The molecule has 29 heavy (non-hydrogen) atoms. The van der Waals surface area contributed by atoms with Crippen LogP contribution in [0.2, 0.25) is 5.02 Å². The molecule has 3 heteroatoms. The number of pyridine rings is 1. The molecular weight excluding hydrogens is 376 g/mol. The molecule has 0 spiro atoms. The molecule has 0 aliphatic carbocycles. The molecule has 2 heterocycles. The second-order valence-electron chi connectivity index (χ2n) is 7.84. The van der Waals surface area contributed by atoms with Gasteiger partial charge in [-0.1, -0.05) is 59.6 Å². The van der Waals surface area contributed by atoms with Crippen LogP contribution in [-0.4, -0.2) is 11.5 Å². The van der Waals surface area contributed by atoms with Crippen molar-refractivity contribution in [1.82, 2.24) is 4.98 Å². The van der Waals surface area contributed by atoms with Crippen molar-refractivity contribution in [3.8, 4) is 0 Å². The zero-order valence-corrected chi connectivity index (χ0v) is 17.2. The molecule has 0 saturated carbocycles. The molecule has 5 rings (SSSR count). The van der Waals surface area contributed by atoms with Crippen molar-refractivity contribution < 1.29 is 0 Å². The van der Waals surface area contributed by atoms with Crippen LogP contribution in [0.25, 0.3) is 10.9 Å². The van der Waals surface area contributed by atoms with Gasteiger partial charge >= 0.3 is 0 Å². The number of fused-ring (bicyclic) bond motifs is 2. The van der Waals surface area contributed by atoms with Gasteiger partial charge in [0.05, 0.1) is 11.6 Å². The molecule has 0 bridgehead atoms. The minimum absolute atomic E-state index is 0.278. The number of hydrogen-bond donors (Lipinski definition) is 0. The van der Waals surface area contributed by atoms with Crippen molar-refractivity contribution in [2.45, 2.75) is 25.8 Å². The fraction of sp³-hybridized carbons (Fsp3) is 0.192. The van der Waals surface area contributed by atoms with Gasteiger partial charge in [-0.15, -0.1) is 0 Å². The topological polar surface area (TPSA) is 16.1 Å². The van der Waals surface area contributed by atoms with E-state index in [0.717, 1.165) is 41.0 Å². The zero-order valence-electron chi connectivity index (χ0n) is 16.5. The average Bonchev–Trinajstić information content (AvgIpc) is 2.75. The van der Waals surface area contributed by atoms with Crippen LogP contribution in [0.1, 0.15) is 28.4 Å². The summed E-state index contributed by atoms with van der Waals surface area (Å²) in [5.41, 5.74) is 7.54. The zero-order chi connectivity index (χ0) is 19.8. The summed E-state index contributed by atoms with van der Waals surface area (Å²) in [5.74, 6) is 0.